The summed E-state index contributed by atoms with van der Waals surface area (Å²) in [4.78, 5) is 12.1. The van der Waals surface area contributed by atoms with E-state index in [0.29, 0.717) is 5.56 Å². The van der Waals surface area contributed by atoms with Crippen molar-refractivity contribution in [2.24, 2.45) is 0 Å². The van der Waals surface area contributed by atoms with Gasteiger partial charge in [0, 0.05) is 10.2 Å². The molecule has 18 heavy (non-hydrogen) atoms. The topological polar surface area (TPSA) is 29.1 Å². The van der Waals surface area contributed by atoms with E-state index in [0.717, 1.165) is 15.7 Å². The number of hydrogen-bond donors (Lipinski definition) is 1. The predicted octanol–water partition coefficient (Wildman–Crippen LogP) is 4.32. The van der Waals surface area contributed by atoms with Crippen LogP contribution in [-0.4, -0.2) is 5.91 Å². The Labute approximate surface area is 115 Å². The normalized spacial score (nSPS) is 10.2. The maximum atomic E-state index is 12.1. The van der Waals surface area contributed by atoms with Crippen LogP contribution in [0.2, 0.25) is 0 Å². The molecule has 2 aromatic carbocycles. The second kappa shape index (κ2) is 5.36. The van der Waals surface area contributed by atoms with E-state index in [1.165, 1.54) is 5.56 Å². The number of carbonyl (C=O) groups is 1. The fourth-order valence-corrected chi connectivity index (χ4v) is 2.08. The first-order valence-corrected chi connectivity index (χ1v) is 6.50. The van der Waals surface area contributed by atoms with Crippen LogP contribution in [0.5, 0.6) is 0 Å². The van der Waals surface area contributed by atoms with Crippen LogP contribution in [0.25, 0.3) is 0 Å². The fraction of sp³-hybridized carbons (Fsp3) is 0.133. The van der Waals surface area contributed by atoms with E-state index in [9.17, 15) is 4.79 Å². The summed E-state index contributed by atoms with van der Waals surface area (Å²) in [5, 5.41) is 2.88. The molecule has 1 N–H and O–H groups in total. The van der Waals surface area contributed by atoms with Gasteiger partial charge in [-0.25, -0.2) is 0 Å². The molecule has 0 spiro atoms. The first-order valence-electron chi connectivity index (χ1n) is 5.70. The number of hydrogen-bond acceptors (Lipinski definition) is 1. The molecule has 0 aliphatic heterocycles. The van der Waals surface area contributed by atoms with Gasteiger partial charge >= 0.3 is 0 Å². The van der Waals surface area contributed by atoms with Gasteiger partial charge in [-0.05, 0) is 54.0 Å². The van der Waals surface area contributed by atoms with Crippen molar-refractivity contribution in [1.82, 2.24) is 0 Å². The molecule has 0 aliphatic carbocycles. The van der Waals surface area contributed by atoms with E-state index >= 15 is 0 Å². The van der Waals surface area contributed by atoms with Crippen molar-refractivity contribution in [2.75, 3.05) is 5.32 Å². The molecule has 0 aromatic heterocycles. The van der Waals surface area contributed by atoms with Crippen LogP contribution >= 0.6 is 15.9 Å². The van der Waals surface area contributed by atoms with Gasteiger partial charge in [-0.2, -0.15) is 0 Å². The highest BCUT2D eigenvalue weighted by Crippen LogP contribution is 2.20. The van der Waals surface area contributed by atoms with E-state index in [1.54, 1.807) is 0 Å². The highest BCUT2D eigenvalue weighted by Gasteiger charge is 2.10. The van der Waals surface area contributed by atoms with Crippen LogP contribution in [-0.2, 0) is 0 Å². The first-order chi connectivity index (χ1) is 8.56. The third-order valence-corrected chi connectivity index (χ3v) is 3.37. The summed E-state index contributed by atoms with van der Waals surface area (Å²) in [6.07, 6.45) is 0. The fourth-order valence-electron chi connectivity index (χ4n) is 1.65. The minimum Gasteiger partial charge on any atom is -0.322 e. The Kier molecular flexibility index (Phi) is 3.82. The molecule has 1 amide bonds. The summed E-state index contributed by atoms with van der Waals surface area (Å²) >= 11 is 3.40. The Morgan fingerprint density at radius 2 is 1.61 bits per heavy atom. The summed E-state index contributed by atoms with van der Waals surface area (Å²) < 4.78 is 0.803. The lowest BCUT2D eigenvalue weighted by molar-refractivity contribution is 0.102. The SMILES string of the molecule is Cc1ccc(NC(=O)c2cc(C)ccc2Br)cc1. The smallest absolute Gasteiger partial charge is 0.256 e. The van der Waals surface area contributed by atoms with Gasteiger partial charge in [0.15, 0.2) is 0 Å². The van der Waals surface area contributed by atoms with Crippen molar-refractivity contribution in [3.63, 3.8) is 0 Å². The molecule has 0 radical (unpaired) electrons. The van der Waals surface area contributed by atoms with E-state index in [-0.39, 0.29) is 5.91 Å². The molecular weight excluding hydrogens is 290 g/mol. The number of halogens is 1. The highest BCUT2D eigenvalue weighted by molar-refractivity contribution is 9.10. The standard InChI is InChI=1S/C15H14BrNO/c1-10-3-6-12(7-4-10)17-15(18)13-9-11(2)5-8-14(13)16/h3-9H,1-2H3,(H,17,18). The highest BCUT2D eigenvalue weighted by atomic mass is 79.9. The lowest BCUT2D eigenvalue weighted by Crippen LogP contribution is -2.12. The van der Waals surface area contributed by atoms with E-state index < -0.39 is 0 Å². The van der Waals surface area contributed by atoms with Crippen LogP contribution in [0.15, 0.2) is 46.9 Å². The number of amides is 1. The second-order valence-corrected chi connectivity index (χ2v) is 5.16. The van der Waals surface area contributed by atoms with Crippen molar-refractivity contribution in [2.45, 2.75) is 13.8 Å². The maximum absolute atomic E-state index is 12.1. The number of aryl methyl sites for hydroxylation is 2. The predicted molar refractivity (Wildman–Crippen MR) is 78.0 cm³/mol. The zero-order valence-electron chi connectivity index (χ0n) is 10.3. The molecule has 0 bridgehead atoms. The van der Waals surface area contributed by atoms with Crippen molar-refractivity contribution < 1.29 is 4.79 Å². The molecule has 0 aliphatic rings. The molecule has 0 saturated carbocycles. The summed E-state index contributed by atoms with van der Waals surface area (Å²) in [7, 11) is 0. The third-order valence-electron chi connectivity index (χ3n) is 2.68. The molecule has 0 saturated heterocycles. The minimum atomic E-state index is -0.102. The summed E-state index contributed by atoms with van der Waals surface area (Å²) in [5.41, 5.74) is 3.69. The molecular formula is C15H14BrNO. The Hall–Kier alpha value is -1.61. The van der Waals surface area contributed by atoms with E-state index in [4.69, 9.17) is 0 Å². The van der Waals surface area contributed by atoms with Gasteiger partial charge in [-0.1, -0.05) is 29.3 Å². The van der Waals surface area contributed by atoms with Crippen LogP contribution in [0.4, 0.5) is 5.69 Å². The Bertz CT molecular complexity index is 576. The van der Waals surface area contributed by atoms with Gasteiger partial charge in [-0.3, -0.25) is 4.79 Å². The maximum Gasteiger partial charge on any atom is 0.256 e. The molecule has 0 unspecified atom stereocenters. The minimum absolute atomic E-state index is 0.102. The Morgan fingerprint density at radius 3 is 2.28 bits per heavy atom. The summed E-state index contributed by atoms with van der Waals surface area (Å²) in [5.74, 6) is -0.102. The average Bonchev–Trinajstić information content (AvgIpc) is 2.35. The second-order valence-electron chi connectivity index (χ2n) is 4.30. The molecule has 0 atom stereocenters. The van der Waals surface area contributed by atoms with Gasteiger partial charge in [0.1, 0.15) is 0 Å². The van der Waals surface area contributed by atoms with Gasteiger partial charge in [0.05, 0.1) is 5.56 Å². The van der Waals surface area contributed by atoms with Gasteiger partial charge in [-0.15, -0.1) is 0 Å². The number of carbonyl (C=O) groups excluding carboxylic acids is 1. The van der Waals surface area contributed by atoms with Crippen LogP contribution in [0.3, 0.4) is 0 Å². The molecule has 2 aromatic rings. The average molecular weight is 304 g/mol. The largest absolute Gasteiger partial charge is 0.322 e. The van der Waals surface area contributed by atoms with Crippen LogP contribution < -0.4 is 5.32 Å². The van der Waals surface area contributed by atoms with Crippen LogP contribution in [0.1, 0.15) is 21.5 Å². The number of benzene rings is 2. The number of anilines is 1. The van der Waals surface area contributed by atoms with Crippen molar-refractivity contribution in [1.29, 1.82) is 0 Å². The third kappa shape index (κ3) is 2.99. The number of nitrogens with one attached hydrogen (secondary N) is 1. The van der Waals surface area contributed by atoms with Gasteiger partial charge in [0.25, 0.3) is 5.91 Å². The van der Waals surface area contributed by atoms with Crippen LogP contribution in [0, 0.1) is 13.8 Å². The molecule has 0 heterocycles. The van der Waals surface area contributed by atoms with E-state index in [1.807, 2.05) is 56.3 Å². The van der Waals surface area contributed by atoms with Crippen molar-refractivity contribution in [3.05, 3.63) is 63.6 Å². The summed E-state index contributed by atoms with van der Waals surface area (Å²) in [6.45, 7) is 3.98. The molecule has 92 valence electrons. The molecule has 2 nitrogen and oxygen atoms in total. The lowest BCUT2D eigenvalue weighted by atomic mass is 10.1. The number of rotatable bonds is 2. The van der Waals surface area contributed by atoms with E-state index in [2.05, 4.69) is 21.2 Å². The zero-order valence-corrected chi connectivity index (χ0v) is 11.9. The van der Waals surface area contributed by atoms with Gasteiger partial charge in [0.2, 0.25) is 0 Å². The monoisotopic (exact) mass is 303 g/mol. The van der Waals surface area contributed by atoms with Crippen molar-refractivity contribution >= 4 is 27.5 Å². The Morgan fingerprint density at radius 1 is 1.00 bits per heavy atom. The zero-order chi connectivity index (χ0) is 13.1. The Balaban J connectivity index is 2.21. The van der Waals surface area contributed by atoms with Crippen molar-refractivity contribution in [3.8, 4) is 0 Å². The molecule has 2 rings (SSSR count). The van der Waals surface area contributed by atoms with Gasteiger partial charge < -0.3 is 5.32 Å². The summed E-state index contributed by atoms with van der Waals surface area (Å²) in [6, 6.07) is 13.5. The quantitative estimate of drug-likeness (QED) is 0.879. The molecule has 3 heteroatoms. The molecule has 0 fully saturated rings. The lowest BCUT2D eigenvalue weighted by Gasteiger charge is -2.08. The first kappa shape index (κ1) is 12.8.